The molecule has 19 heavy (non-hydrogen) atoms. The maximum atomic E-state index is 11.2. The van der Waals surface area contributed by atoms with E-state index in [1.165, 1.54) is 5.56 Å². The molecule has 0 aromatic heterocycles. The van der Waals surface area contributed by atoms with Crippen LogP contribution in [0.25, 0.3) is 0 Å². The number of carbonyl (C=O) groups is 1. The minimum atomic E-state index is -0.636. The number of hydrazone groups is 1. The summed E-state index contributed by atoms with van der Waals surface area (Å²) in [6.07, 6.45) is 0. The highest BCUT2D eigenvalue weighted by molar-refractivity contribution is 6.82. The van der Waals surface area contributed by atoms with Crippen LogP contribution in [0, 0.1) is 0 Å². The highest BCUT2D eigenvalue weighted by Crippen LogP contribution is 2.23. The fraction of sp³-hybridized carbons (Fsp3) is 0.429. The second-order valence-corrected chi connectivity index (χ2v) is 5.42. The summed E-state index contributed by atoms with van der Waals surface area (Å²) in [6, 6.07) is 7.80. The van der Waals surface area contributed by atoms with Gasteiger partial charge in [-0.1, -0.05) is 44.5 Å². The molecule has 0 amide bonds. The Labute approximate surface area is 118 Å². The van der Waals surface area contributed by atoms with Crippen LogP contribution in [-0.4, -0.2) is 17.7 Å². The molecule has 0 aliphatic carbocycles. The molecule has 1 aromatic rings. The van der Waals surface area contributed by atoms with E-state index in [9.17, 15) is 4.79 Å². The van der Waals surface area contributed by atoms with E-state index in [-0.39, 0.29) is 17.2 Å². The SMILES string of the molecule is CCOC(=O)/C(Cl)=N\Nc1ccc(C(C)(C)C)cc1. The fourth-order valence-electron chi connectivity index (χ4n) is 1.39. The van der Waals surface area contributed by atoms with E-state index in [2.05, 4.69) is 31.3 Å². The molecule has 0 fully saturated rings. The zero-order valence-electron chi connectivity index (χ0n) is 11.7. The third-order valence-electron chi connectivity index (χ3n) is 2.48. The molecule has 1 N–H and O–H groups in total. The fourth-order valence-corrected chi connectivity index (χ4v) is 1.49. The average Bonchev–Trinajstić information content (AvgIpc) is 2.35. The van der Waals surface area contributed by atoms with Crippen molar-refractivity contribution in [2.24, 2.45) is 5.10 Å². The quantitative estimate of drug-likeness (QED) is 0.522. The number of ether oxygens (including phenoxy) is 1. The normalized spacial score (nSPS) is 12.2. The van der Waals surface area contributed by atoms with Crippen LogP contribution in [0.15, 0.2) is 29.4 Å². The van der Waals surface area contributed by atoms with Gasteiger partial charge in [-0.2, -0.15) is 5.10 Å². The van der Waals surface area contributed by atoms with Crippen molar-refractivity contribution in [2.45, 2.75) is 33.1 Å². The number of nitrogens with zero attached hydrogens (tertiary/aromatic N) is 1. The molecule has 0 saturated heterocycles. The average molecular weight is 283 g/mol. The molecule has 0 heterocycles. The minimum Gasteiger partial charge on any atom is -0.461 e. The van der Waals surface area contributed by atoms with Crippen molar-refractivity contribution >= 4 is 28.4 Å². The molecule has 1 aromatic carbocycles. The van der Waals surface area contributed by atoms with Gasteiger partial charge in [-0.25, -0.2) is 4.79 Å². The molecule has 4 nitrogen and oxygen atoms in total. The zero-order chi connectivity index (χ0) is 14.5. The van der Waals surface area contributed by atoms with E-state index in [1.807, 2.05) is 24.3 Å². The first-order valence-electron chi connectivity index (χ1n) is 6.11. The number of hydrogen-bond acceptors (Lipinski definition) is 4. The molecular formula is C14H19ClN2O2. The van der Waals surface area contributed by atoms with Crippen LogP contribution in [0.4, 0.5) is 5.69 Å². The number of carbonyl (C=O) groups excluding carboxylic acids is 1. The summed E-state index contributed by atoms with van der Waals surface area (Å²) in [5.41, 5.74) is 4.80. The summed E-state index contributed by atoms with van der Waals surface area (Å²) in [5.74, 6) is -0.636. The first kappa shape index (κ1) is 15.5. The topological polar surface area (TPSA) is 50.7 Å². The molecule has 0 atom stereocenters. The molecule has 5 heteroatoms. The van der Waals surface area contributed by atoms with Gasteiger partial charge in [-0.15, -0.1) is 0 Å². The summed E-state index contributed by atoms with van der Waals surface area (Å²) in [5, 5.41) is 3.54. The summed E-state index contributed by atoms with van der Waals surface area (Å²) in [4.78, 5) is 11.2. The Morgan fingerprint density at radius 3 is 2.37 bits per heavy atom. The van der Waals surface area contributed by atoms with Crippen molar-refractivity contribution in [1.82, 2.24) is 0 Å². The highest BCUT2D eigenvalue weighted by Gasteiger charge is 2.13. The van der Waals surface area contributed by atoms with Gasteiger partial charge in [0.2, 0.25) is 5.17 Å². The van der Waals surface area contributed by atoms with Gasteiger partial charge in [0.1, 0.15) is 0 Å². The van der Waals surface area contributed by atoms with Gasteiger partial charge in [0.15, 0.2) is 0 Å². The standard InChI is InChI=1S/C14H19ClN2O2/c1-5-19-13(18)12(15)17-16-11-8-6-10(7-9-11)14(2,3)4/h6-9,16H,5H2,1-4H3/b17-12+. The summed E-state index contributed by atoms with van der Waals surface area (Å²) >= 11 is 5.68. The molecule has 1 rings (SSSR count). The summed E-state index contributed by atoms with van der Waals surface area (Å²) < 4.78 is 4.71. The van der Waals surface area contributed by atoms with E-state index >= 15 is 0 Å². The number of anilines is 1. The molecule has 104 valence electrons. The van der Waals surface area contributed by atoms with Crippen LogP contribution >= 0.6 is 11.6 Å². The molecule has 0 unspecified atom stereocenters. The van der Waals surface area contributed by atoms with E-state index in [0.29, 0.717) is 0 Å². The molecule has 0 spiro atoms. The Kier molecular flexibility index (Phi) is 5.36. The Balaban J connectivity index is 2.69. The van der Waals surface area contributed by atoms with Crippen molar-refractivity contribution < 1.29 is 9.53 Å². The number of benzene rings is 1. The van der Waals surface area contributed by atoms with Gasteiger partial charge in [-0.05, 0) is 30.0 Å². The number of esters is 1. The van der Waals surface area contributed by atoms with Crippen LogP contribution in [0.3, 0.4) is 0 Å². The van der Waals surface area contributed by atoms with Crippen LogP contribution < -0.4 is 5.43 Å². The van der Waals surface area contributed by atoms with Crippen LogP contribution in [0.5, 0.6) is 0 Å². The molecule has 0 saturated carbocycles. The molecule has 0 radical (unpaired) electrons. The minimum absolute atomic E-state index is 0.102. The third-order valence-corrected chi connectivity index (χ3v) is 2.72. The van der Waals surface area contributed by atoms with Crippen LogP contribution in [0.1, 0.15) is 33.3 Å². The number of nitrogens with one attached hydrogen (secondary N) is 1. The van der Waals surface area contributed by atoms with Crippen molar-refractivity contribution in [2.75, 3.05) is 12.0 Å². The smallest absolute Gasteiger partial charge is 0.370 e. The van der Waals surface area contributed by atoms with Gasteiger partial charge in [0.05, 0.1) is 12.3 Å². The van der Waals surface area contributed by atoms with Gasteiger partial charge >= 0.3 is 5.97 Å². The first-order valence-corrected chi connectivity index (χ1v) is 6.49. The Hall–Kier alpha value is -1.55. The second kappa shape index (κ2) is 6.57. The maximum Gasteiger partial charge on any atom is 0.370 e. The zero-order valence-corrected chi connectivity index (χ0v) is 12.4. The van der Waals surface area contributed by atoms with Gasteiger partial charge in [0, 0.05) is 0 Å². The molecule has 0 aliphatic rings. The van der Waals surface area contributed by atoms with Crippen molar-refractivity contribution in [3.8, 4) is 0 Å². The lowest BCUT2D eigenvalue weighted by Gasteiger charge is -2.18. The summed E-state index contributed by atoms with van der Waals surface area (Å²) in [7, 11) is 0. The lowest BCUT2D eigenvalue weighted by molar-refractivity contribution is -0.134. The third kappa shape index (κ3) is 4.91. The van der Waals surface area contributed by atoms with Crippen molar-refractivity contribution in [1.29, 1.82) is 0 Å². The lowest BCUT2D eigenvalue weighted by Crippen LogP contribution is -2.13. The predicted molar refractivity (Wildman–Crippen MR) is 78.7 cm³/mol. The number of halogens is 1. The predicted octanol–water partition coefficient (Wildman–Crippen LogP) is 3.51. The maximum absolute atomic E-state index is 11.2. The van der Waals surface area contributed by atoms with Crippen molar-refractivity contribution in [3.63, 3.8) is 0 Å². The monoisotopic (exact) mass is 282 g/mol. The summed E-state index contributed by atoms with van der Waals surface area (Å²) in [6.45, 7) is 8.41. The van der Waals surface area contributed by atoms with Gasteiger partial charge < -0.3 is 4.74 Å². The van der Waals surface area contributed by atoms with Crippen LogP contribution in [0.2, 0.25) is 0 Å². The van der Waals surface area contributed by atoms with Gasteiger partial charge in [-0.3, -0.25) is 5.43 Å². The van der Waals surface area contributed by atoms with Crippen LogP contribution in [-0.2, 0) is 14.9 Å². The first-order chi connectivity index (χ1) is 8.84. The van der Waals surface area contributed by atoms with Crippen molar-refractivity contribution in [3.05, 3.63) is 29.8 Å². The Morgan fingerprint density at radius 2 is 1.89 bits per heavy atom. The van der Waals surface area contributed by atoms with Gasteiger partial charge in [0.25, 0.3) is 0 Å². The molecular weight excluding hydrogens is 264 g/mol. The second-order valence-electron chi connectivity index (χ2n) is 5.06. The molecule has 0 aliphatic heterocycles. The van der Waals surface area contributed by atoms with E-state index < -0.39 is 5.97 Å². The lowest BCUT2D eigenvalue weighted by atomic mass is 9.87. The Bertz CT molecular complexity index is 461. The number of hydrogen-bond donors (Lipinski definition) is 1. The largest absolute Gasteiger partial charge is 0.461 e. The van der Waals surface area contributed by atoms with E-state index in [1.54, 1.807) is 6.92 Å². The van der Waals surface area contributed by atoms with E-state index in [4.69, 9.17) is 16.3 Å². The van der Waals surface area contributed by atoms with E-state index in [0.717, 1.165) is 5.69 Å². The highest BCUT2D eigenvalue weighted by atomic mass is 35.5. The number of rotatable bonds is 4. The Morgan fingerprint density at radius 1 is 1.32 bits per heavy atom. The molecule has 0 bridgehead atoms.